The van der Waals surface area contributed by atoms with E-state index in [1.165, 1.54) is 0 Å². The molecule has 0 aliphatic heterocycles. The van der Waals surface area contributed by atoms with Crippen LogP contribution in [0.1, 0.15) is 70.8 Å². The highest BCUT2D eigenvalue weighted by Crippen LogP contribution is 2.42. The van der Waals surface area contributed by atoms with E-state index in [1.807, 2.05) is 0 Å². The summed E-state index contributed by atoms with van der Waals surface area (Å²) >= 11 is 0. The molecule has 1 aromatic carbocycles. The number of benzene rings is 1. The van der Waals surface area contributed by atoms with Crippen molar-refractivity contribution in [2.75, 3.05) is 0 Å². The molecule has 1 aliphatic rings. The average molecular weight is 342 g/mol. The molecule has 0 radical (unpaired) electrons. The quantitative estimate of drug-likeness (QED) is 0.363. The summed E-state index contributed by atoms with van der Waals surface area (Å²) in [6.07, 6.45) is 7.15. The molecule has 2 rings (SSSR count). The van der Waals surface area contributed by atoms with Gasteiger partial charge in [-0.1, -0.05) is 46.0 Å². The summed E-state index contributed by atoms with van der Waals surface area (Å²) in [4.78, 5) is 0. The molecular formula is C20H26F4. The standard InChI is InChI=1S/C20H26F4/c1-3-5-7-13(6-4-2)14-8-9-16(17(21)10-14)15-11-18(22)20(24)19(23)12-15/h11-14H,3-10H2,1-2H3. The fraction of sp³-hybridized carbons (Fsp3) is 0.600. The molecule has 134 valence electrons. The number of hydrogen-bond donors (Lipinski definition) is 0. The Kier molecular flexibility index (Phi) is 6.88. The summed E-state index contributed by atoms with van der Waals surface area (Å²) in [5.41, 5.74) is 0.456. The first-order valence-corrected chi connectivity index (χ1v) is 9.00. The van der Waals surface area contributed by atoms with Crippen LogP contribution >= 0.6 is 0 Å². The predicted molar refractivity (Wildman–Crippen MR) is 89.6 cm³/mol. The maximum atomic E-state index is 14.6. The minimum absolute atomic E-state index is 0.128. The molecule has 4 heteroatoms. The third-order valence-electron chi connectivity index (χ3n) is 5.12. The van der Waals surface area contributed by atoms with Gasteiger partial charge in [-0.2, -0.15) is 0 Å². The lowest BCUT2D eigenvalue weighted by Gasteiger charge is -2.31. The molecule has 0 amide bonds. The van der Waals surface area contributed by atoms with Crippen LogP contribution in [0.15, 0.2) is 18.0 Å². The SMILES string of the molecule is CCCCC(CCC)C1CCC(c2cc(F)c(F)c(F)c2)=C(F)C1. The summed E-state index contributed by atoms with van der Waals surface area (Å²) < 4.78 is 54.5. The number of rotatable bonds is 7. The Bertz CT molecular complexity index is 568. The van der Waals surface area contributed by atoms with Gasteiger partial charge in [-0.25, -0.2) is 17.6 Å². The topological polar surface area (TPSA) is 0 Å². The minimum atomic E-state index is -1.50. The van der Waals surface area contributed by atoms with Crippen LogP contribution in [0.25, 0.3) is 5.57 Å². The zero-order valence-corrected chi connectivity index (χ0v) is 14.5. The van der Waals surface area contributed by atoms with Gasteiger partial charge >= 0.3 is 0 Å². The van der Waals surface area contributed by atoms with E-state index in [2.05, 4.69) is 13.8 Å². The molecule has 0 N–H and O–H groups in total. The van der Waals surface area contributed by atoms with Crippen molar-refractivity contribution in [1.82, 2.24) is 0 Å². The minimum Gasteiger partial charge on any atom is -0.211 e. The second-order valence-corrected chi connectivity index (χ2v) is 6.83. The highest BCUT2D eigenvalue weighted by molar-refractivity contribution is 5.68. The van der Waals surface area contributed by atoms with Crippen LogP contribution in [0.3, 0.4) is 0 Å². The van der Waals surface area contributed by atoms with Crippen LogP contribution < -0.4 is 0 Å². The molecule has 0 spiro atoms. The lowest BCUT2D eigenvalue weighted by atomic mass is 9.75. The van der Waals surface area contributed by atoms with Crippen molar-refractivity contribution >= 4 is 5.57 Å². The van der Waals surface area contributed by atoms with Crippen molar-refractivity contribution in [2.24, 2.45) is 11.8 Å². The van der Waals surface area contributed by atoms with E-state index >= 15 is 0 Å². The molecule has 0 bridgehead atoms. The highest BCUT2D eigenvalue weighted by atomic mass is 19.2. The molecule has 2 unspecified atom stereocenters. The van der Waals surface area contributed by atoms with Crippen LogP contribution in [-0.2, 0) is 0 Å². The summed E-state index contributed by atoms with van der Waals surface area (Å²) in [7, 11) is 0. The molecule has 0 fully saturated rings. The summed E-state index contributed by atoms with van der Waals surface area (Å²) in [5.74, 6) is -3.54. The first kappa shape index (κ1) is 19.0. The summed E-state index contributed by atoms with van der Waals surface area (Å²) in [6.45, 7) is 4.30. The molecule has 0 nitrogen and oxygen atoms in total. The van der Waals surface area contributed by atoms with Crippen LogP contribution in [0.4, 0.5) is 17.6 Å². The zero-order valence-electron chi connectivity index (χ0n) is 14.5. The van der Waals surface area contributed by atoms with Gasteiger partial charge in [0.25, 0.3) is 0 Å². The molecule has 0 heterocycles. The van der Waals surface area contributed by atoms with E-state index in [1.54, 1.807) is 0 Å². The second kappa shape index (κ2) is 8.68. The van der Waals surface area contributed by atoms with E-state index in [0.717, 1.165) is 50.7 Å². The Balaban J connectivity index is 2.18. The van der Waals surface area contributed by atoms with Gasteiger partial charge in [0.05, 0.1) is 0 Å². The van der Waals surface area contributed by atoms with Crippen LogP contribution in [0.5, 0.6) is 0 Å². The largest absolute Gasteiger partial charge is 0.211 e. The van der Waals surface area contributed by atoms with Crippen LogP contribution in [0.2, 0.25) is 0 Å². The number of halogens is 4. The predicted octanol–water partition coefficient (Wildman–Crippen LogP) is 7.19. The van der Waals surface area contributed by atoms with Gasteiger partial charge in [0.1, 0.15) is 5.83 Å². The van der Waals surface area contributed by atoms with Gasteiger partial charge in [-0.3, -0.25) is 0 Å². The van der Waals surface area contributed by atoms with E-state index in [-0.39, 0.29) is 17.3 Å². The van der Waals surface area contributed by atoms with Crippen molar-refractivity contribution in [3.63, 3.8) is 0 Å². The molecule has 1 aromatic rings. The maximum absolute atomic E-state index is 14.6. The van der Waals surface area contributed by atoms with Crippen molar-refractivity contribution in [2.45, 2.75) is 65.2 Å². The first-order valence-electron chi connectivity index (χ1n) is 9.00. The Labute approximate surface area is 142 Å². The normalized spacial score (nSPS) is 19.7. The maximum Gasteiger partial charge on any atom is 0.194 e. The zero-order chi connectivity index (χ0) is 17.7. The summed E-state index contributed by atoms with van der Waals surface area (Å²) in [6, 6.07) is 1.79. The van der Waals surface area contributed by atoms with Gasteiger partial charge in [0, 0.05) is 6.42 Å². The molecule has 2 atom stereocenters. The molecule has 1 aliphatic carbocycles. The fourth-order valence-corrected chi connectivity index (χ4v) is 3.81. The number of unbranched alkanes of at least 4 members (excludes halogenated alkanes) is 1. The highest BCUT2D eigenvalue weighted by Gasteiger charge is 2.28. The molecule has 0 aromatic heterocycles. The number of hydrogen-bond acceptors (Lipinski definition) is 0. The summed E-state index contributed by atoms with van der Waals surface area (Å²) in [5, 5.41) is 0. The Morgan fingerprint density at radius 1 is 1.00 bits per heavy atom. The van der Waals surface area contributed by atoms with Gasteiger partial charge in [-0.15, -0.1) is 0 Å². The first-order chi connectivity index (χ1) is 11.5. The number of allylic oxidation sites excluding steroid dienone is 2. The molecule has 0 saturated heterocycles. The monoisotopic (exact) mass is 342 g/mol. The fourth-order valence-electron chi connectivity index (χ4n) is 3.81. The van der Waals surface area contributed by atoms with Crippen molar-refractivity contribution in [3.8, 4) is 0 Å². The van der Waals surface area contributed by atoms with Gasteiger partial charge in [0.15, 0.2) is 17.5 Å². The Morgan fingerprint density at radius 2 is 1.67 bits per heavy atom. The molecule has 24 heavy (non-hydrogen) atoms. The van der Waals surface area contributed by atoms with Gasteiger partial charge < -0.3 is 0 Å². The average Bonchev–Trinajstić information content (AvgIpc) is 2.56. The van der Waals surface area contributed by atoms with E-state index in [0.29, 0.717) is 24.3 Å². The van der Waals surface area contributed by atoms with Crippen molar-refractivity contribution in [3.05, 3.63) is 41.0 Å². The van der Waals surface area contributed by atoms with E-state index < -0.39 is 17.5 Å². The van der Waals surface area contributed by atoms with E-state index in [4.69, 9.17) is 0 Å². The molecular weight excluding hydrogens is 316 g/mol. The van der Waals surface area contributed by atoms with Crippen molar-refractivity contribution < 1.29 is 17.6 Å². The molecule has 0 saturated carbocycles. The smallest absolute Gasteiger partial charge is 0.194 e. The second-order valence-electron chi connectivity index (χ2n) is 6.83. The third-order valence-corrected chi connectivity index (χ3v) is 5.12. The van der Waals surface area contributed by atoms with Gasteiger partial charge in [-0.05, 0) is 47.9 Å². The van der Waals surface area contributed by atoms with Crippen LogP contribution in [-0.4, -0.2) is 0 Å². The van der Waals surface area contributed by atoms with Gasteiger partial charge in [0.2, 0.25) is 0 Å². The van der Waals surface area contributed by atoms with E-state index in [9.17, 15) is 17.6 Å². The van der Waals surface area contributed by atoms with Crippen molar-refractivity contribution in [1.29, 1.82) is 0 Å². The van der Waals surface area contributed by atoms with Crippen LogP contribution in [0, 0.1) is 29.3 Å². The Morgan fingerprint density at radius 3 is 2.21 bits per heavy atom. The lowest BCUT2D eigenvalue weighted by molar-refractivity contribution is 0.250. The third kappa shape index (κ3) is 4.40. The lowest BCUT2D eigenvalue weighted by Crippen LogP contribution is -2.19. The Hall–Kier alpha value is -1.32.